The lowest BCUT2D eigenvalue weighted by Gasteiger charge is -2.17. The molecule has 122 valence electrons. The summed E-state index contributed by atoms with van der Waals surface area (Å²) in [4.78, 5) is 14.1. The standard InChI is InChI=1S/C20H19NO2S/c1-2-20(23)21-9-8-15-14(4-3-5-18(15)21)17-12-24-19-7-6-13(11-22)10-16(17)19/h3-7,10,12,22H,2,8-9,11H2,1H3. The first kappa shape index (κ1) is 15.4. The SMILES string of the molecule is CCC(=O)N1CCc2c(-c3csc4ccc(CO)cc34)cccc21. The van der Waals surface area contributed by atoms with Crippen LogP contribution in [0.1, 0.15) is 24.5 Å². The molecule has 0 bridgehead atoms. The molecule has 1 amide bonds. The van der Waals surface area contributed by atoms with Gasteiger partial charge in [-0.1, -0.05) is 25.1 Å². The van der Waals surface area contributed by atoms with Gasteiger partial charge in [0.2, 0.25) is 5.91 Å². The number of hydrogen-bond acceptors (Lipinski definition) is 3. The molecule has 1 aromatic heterocycles. The Hall–Kier alpha value is -2.17. The van der Waals surface area contributed by atoms with Crippen LogP contribution in [0.5, 0.6) is 0 Å². The van der Waals surface area contributed by atoms with Crippen LogP contribution in [0.3, 0.4) is 0 Å². The van der Waals surface area contributed by atoms with Crippen molar-refractivity contribution in [1.29, 1.82) is 0 Å². The van der Waals surface area contributed by atoms with Crippen LogP contribution in [0.4, 0.5) is 5.69 Å². The summed E-state index contributed by atoms with van der Waals surface area (Å²) < 4.78 is 1.22. The number of amides is 1. The Morgan fingerprint density at radius 2 is 2.12 bits per heavy atom. The normalized spacial score (nSPS) is 13.5. The van der Waals surface area contributed by atoms with Crippen LogP contribution >= 0.6 is 11.3 Å². The Morgan fingerprint density at radius 1 is 1.25 bits per heavy atom. The van der Waals surface area contributed by atoms with Crippen LogP contribution in [0, 0.1) is 0 Å². The molecule has 0 radical (unpaired) electrons. The summed E-state index contributed by atoms with van der Waals surface area (Å²) in [6.07, 6.45) is 1.43. The van der Waals surface area contributed by atoms with E-state index < -0.39 is 0 Å². The molecule has 0 atom stereocenters. The van der Waals surface area contributed by atoms with E-state index in [2.05, 4.69) is 23.6 Å². The van der Waals surface area contributed by atoms with Crippen molar-refractivity contribution in [3.8, 4) is 11.1 Å². The molecule has 0 saturated carbocycles. The largest absolute Gasteiger partial charge is 0.392 e. The Balaban J connectivity index is 1.87. The third-order valence-electron chi connectivity index (χ3n) is 4.74. The van der Waals surface area contributed by atoms with E-state index in [0.717, 1.165) is 24.2 Å². The van der Waals surface area contributed by atoms with Crippen LogP contribution in [-0.2, 0) is 17.8 Å². The van der Waals surface area contributed by atoms with Crippen molar-refractivity contribution in [2.24, 2.45) is 0 Å². The van der Waals surface area contributed by atoms with Crippen LogP contribution < -0.4 is 4.90 Å². The Morgan fingerprint density at radius 3 is 2.92 bits per heavy atom. The molecule has 0 aliphatic carbocycles. The number of fused-ring (bicyclic) bond motifs is 2. The molecule has 0 saturated heterocycles. The van der Waals surface area contributed by atoms with Gasteiger partial charge in [0.05, 0.1) is 6.61 Å². The van der Waals surface area contributed by atoms with E-state index in [1.807, 2.05) is 30.0 Å². The molecule has 1 aliphatic rings. The second-order valence-corrected chi connectivity index (χ2v) is 7.00. The minimum Gasteiger partial charge on any atom is -0.392 e. The Kier molecular flexibility index (Phi) is 3.87. The fourth-order valence-electron chi connectivity index (χ4n) is 3.52. The maximum atomic E-state index is 12.2. The van der Waals surface area contributed by atoms with Crippen molar-refractivity contribution in [1.82, 2.24) is 0 Å². The zero-order valence-electron chi connectivity index (χ0n) is 13.6. The molecule has 1 aliphatic heterocycles. The molecule has 2 aromatic carbocycles. The predicted octanol–water partition coefficient (Wildman–Crippen LogP) is 4.36. The third-order valence-corrected chi connectivity index (χ3v) is 5.71. The van der Waals surface area contributed by atoms with Gasteiger partial charge in [0.15, 0.2) is 0 Å². The van der Waals surface area contributed by atoms with Crippen molar-refractivity contribution >= 4 is 33.0 Å². The van der Waals surface area contributed by atoms with Crippen LogP contribution in [0.15, 0.2) is 41.8 Å². The van der Waals surface area contributed by atoms with Gasteiger partial charge in [0.25, 0.3) is 0 Å². The average Bonchev–Trinajstić information content (AvgIpc) is 3.24. The summed E-state index contributed by atoms with van der Waals surface area (Å²) in [6.45, 7) is 2.73. The van der Waals surface area contributed by atoms with Crippen LogP contribution in [0.2, 0.25) is 0 Å². The minimum absolute atomic E-state index is 0.0525. The predicted molar refractivity (Wildman–Crippen MR) is 99.5 cm³/mol. The molecule has 0 fully saturated rings. The maximum Gasteiger partial charge on any atom is 0.226 e. The van der Waals surface area contributed by atoms with Crippen molar-refractivity contribution in [2.75, 3.05) is 11.4 Å². The van der Waals surface area contributed by atoms with Crippen molar-refractivity contribution < 1.29 is 9.90 Å². The lowest BCUT2D eigenvalue weighted by Crippen LogP contribution is -2.27. The molecule has 4 heteroatoms. The average molecular weight is 337 g/mol. The summed E-state index contributed by atoms with van der Waals surface area (Å²) in [7, 11) is 0. The topological polar surface area (TPSA) is 40.5 Å². The molecule has 0 spiro atoms. The summed E-state index contributed by atoms with van der Waals surface area (Å²) in [6, 6.07) is 12.4. The van der Waals surface area contributed by atoms with E-state index in [4.69, 9.17) is 0 Å². The Labute approximate surface area is 145 Å². The number of benzene rings is 2. The minimum atomic E-state index is 0.0525. The fraction of sp³-hybridized carbons (Fsp3) is 0.250. The second kappa shape index (κ2) is 6.04. The van der Waals surface area contributed by atoms with Gasteiger partial charge in [-0.25, -0.2) is 0 Å². The summed E-state index contributed by atoms with van der Waals surface area (Å²) >= 11 is 1.72. The monoisotopic (exact) mass is 337 g/mol. The van der Waals surface area contributed by atoms with Crippen molar-refractivity contribution in [3.63, 3.8) is 0 Å². The van der Waals surface area contributed by atoms with Crippen molar-refractivity contribution in [2.45, 2.75) is 26.4 Å². The third kappa shape index (κ3) is 2.34. The first-order valence-corrected chi connectivity index (χ1v) is 9.14. The highest BCUT2D eigenvalue weighted by Gasteiger charge is 2.26. The van der Waals surface area contributed by atoms with Gasteiger partial charge in [-0.2, -0.15) is 0 Å². The number of rotatable bonds is 3. The number of hydrogen-bond donors (Lipinski definition) is 1. The van der Waals surface area contributed by atoms with Gasteiger partial charge in [0.1, 0.15) is 0 Å². The highest BCUT2D eigenvalue weighted by molar-refractivity contribution is 7.17. The maximum absolute atomic E-state index is 12.2. The van der Waals surface area contributed by atoms with Gasteiger partial charge in [-0.3, -0.25) is 4.79 Å². The van der Waals surface area contributed by atoms with Gasteiger partial charge < -0.3 is 10.0 Å². The van der Waals surface area contributed by atoms with Gasteiger partial charge in [-0.05, 0) is 46.7 Å². The van der Waals surface area contributed by atoms with Gasteiger partial charge in [0, 0.05) is 34.3 Å². The molecular weight excluding hydrogens is 318 g/mol. The van der Waals surface area contributed by atoms with E-state index in [-0.39, 0.29) is 12.5 Å². The summed E-state index contributed by atoms with van der Waals surface area (Å²) in [5.74, 6) is 0.184. The second-order valence-electron chi connectivity index (χ2n) is 6.09. The smallest absolute Gasteiger partial charge is 0.226 e. The molecular formula is C20H19NO2S. The molecule has 0 unspecified atom stereocenters. The van der Waals surface area contributed by atoms with E-state index >= 15 is 0 Å². The number of carbonyl (C=O) groups excluding carboxylic acids is 1. The zero-order valence-corrected chi connectivity index (χ0v) is 14.4. The first-order chi connectivity index (χ1) is 11.7. The molecule has 3 aromatic rings. The van der Waals surface area contributed by atoms with Crippen LogP contribution in [0.25, 0.3) is 21.2 Å². The summed E-state index contributed by atoms with van der Waals surface area (Å²) in [5.41, 5.74) is 5.65. The van der Waals surface area contributed by atoms with Gasteiger partial charge in [-0.15, -0.1) is 11.3 Å². The fourth-order valence-corrected chi connectivity index (χ4v) is 4.46. The highest BCUT2D eigenvalue weighted by atomic mass is 32.1. The van der Waals surface area contributed by atoms with E-state index in [0.29, 0.717) is 6.42 Å². The van der Waals surface area contributed by atoms with E-state index in [1.54, 1.807) is 11.3 Å². The summed E-state index contributed by atoms with van der Waals surface area (Å²) in [5, 5.41) is 12.8. The lowest BCUT2D eigenvalue weighted by molar-refractivity contribution is -0.118. The van der Waals surface area contributed by atoms with E-state index in [9.17, 15) is 9.90 Å². The Bertz CT molecular complexity index is 929. The molecule has 24 heavy (non-hydrogen) atoms. The molecule has 4 rings (SSSR count). The molecule has 1 N–H and O–H groups in total. The number of thiophene rings is 1. The van der Waals surface area contributed by atoms with E-state index in [1.165, 1.54) is 26.8 Å². The number of nitrogens with zero attached hydrogens (tertiary/aromatic N) is 1. The highest BCUT2D eigenvalue weighted by Crippen LogP contribution is 2.41. The quantitative estimate of drug-likeness (QED) is 0.771. The first-order valence-electron chi connectivity index (χ1n) is 8.26. The van der Waals surface area contributed by atoms with Crippen molar-refractivity contribution in [3.05, 3.63) is 52.9 Å². The lowest BCUT2D eigenvalue weighted by atomic mass is 9.97. The van der Waals surface area contributed by atoms with Crippen LogP contribution in [-0.4, -0.2) is 17.6 Å². The zero-order chi connectivity index (χ0) is 16.7. The number of aliphatic hydroxyl groups is 1. The number of anilines is 1. The number of aliphatic hydroxyl groups excluding tert-OH is 1. The number of carbonyl (C=O) groups is 1. The van der Waals surface area contributed by atoms with Gasteiger partial charge >= 0.3 is 0 Å². The molecule has 2 heterocycles. The molecule has 3 nitrogen and oxygen atoms in total.